The average molecular weight is 599 g/mol. The molecular weight excluding hydrogens is 569 g/mol. The maximum atomic E-state index is 13.8. The molecule has 10 heteroatoms. The van der Waals surface area contributed by atoms with Gasteiger partial charge in [0.2, 0.25) is 0 Å². The van der Waals surface area contributed by atoms with E-state index in [1.54, 1.807) is 12.1 Å². The first-order valence-corrected chi connectivity index (χ1v) is 14.1. The van der Waals surface area contributed by atoms with Crippen molar-refractivity contribution in [3.05, 3.63) is 130 Å². The van der Waals surface area contributed by atoms with Crippen molar-refractivity contribution < 1.29 is 27.8 Å². The second-order valence-electron chi connectivity index (χ2n) is 10.8. The van der Waals surface area contributed by atoms with Crippen LogP contribution in [0.25, 0.3) is 17.1 Å². The highest BCUT2D eigenvalue weighted by molar-refractivity contribution is 5.89. The zero-order valence-electron chi connectivity index (χ0n) is 23.9. The van der Waals surface area contributed by atoms with Gasteiger partial charge in [0.15, 0.2) is 11.5 Å². The fourth-order valence-corrected chi connectivity index (χ4v) is 5.50. The van der Waals surface area contributed by atoms with E-state index in [0.29, 0.717) is 34.5 Å². The highest BCUT2D eigenvalue weighted by Crippen LogP contribution is 2.35. The first-order chi connectivity index (χ1) is 21.2. The summed E-state index contributed by atoms with van der Waals surface area (Å²) in [6.07, 6.45) is -3.33. The summed E-state index contributed by atoms with van der Waals surface area (Å²) in [4.78, 5) is 18.3. The molecule has 6 rings (SSSR count). The van der Waals surface area contributed by atoms with E-state index in [9.17, 15) is 23.1 Å². The first-order valence-electron chi connectivity index (χ1n) is 14.1. The number of pyridine rings is 1. The molecule has 7 nitrogen and oxygen atoms in total. The van der Waals surface area contributed by atoms with Crippen LogP contribution in [-0.2, 0) is 32.3 Å². The molecule has 3 aromatic carbocycles. The summed E-state index contributed by atoms with van der Waals surface area (Å²) in [5.41, 5.74) is 4.45. The second kappa shape index (κ2) is 12.0. The Morgan fingerprint density at radius 1 is 0.955 bits per heavy atom. The normalized spacial score (nSPS) is 13.5. The van der Waals surface area contributed by atoms with Crippen LogP contribution >= 0.6 is 0 Å². The Bertz CT molecular complexity index is 1820. The summed E-state index contributed by atoms with van der Waals surface area (Å²) in [6, 6.07) is 27.0. The fraction of sp³-hybridized carbons (Fsp3) is 0.206. The van der Waals surface area contributed by atoms with Gasteiger partial charge < -0.3 is 9.84 Å². The quantitative estimate of drug-likeness (QED) is 0.205. The third kappa shape index (κ3) is 6.21. The van der Waals surface area contributed by atoms with E-state index in [2.05, 4.69) is 57.4 Å². The number of carboxylic acid groups (broad SMARTS) is 1. The number of alkyl halides is 3. The number of carbonyl (C=O) groups is 1. The standard InChI is InChI=1S/C34H29F3N4O3/c1-22-10-13-30(44-21-24-11-12-26-20-40(15-14-25(26)17-24)19-23-6-3-2-4-7-23)27(16-22)29-8-5-9-31(39-29)41-32(34(35,36)37)28(18-38-41)33(42)43/h2-13,16-18H,14-15,19-21H2,1H3,(H,42,43). The third-order valence-corrected chi connectivity index (χ3v) is 7.64. The summed E-state index contributed by atoms with van der Waals surface area (Å²) in [5, 5.41) is 13.0. The lowest BCUT2D eigenvalue weighted by Gasteiger charge is -2.29. The molecule has 1 aliphatic heterocycles. The topological polar surface area (TPSA) is 80.5 Å². The predicted octanol–water partition coefficient (Wildman–Crippen LogP) is 7.10. The summed E-state index contributed by atoms with van der Waals surface area (Å²) in [6.45, 7) is 4.97. The number of hydrogen-bond donors (Lipinski definition) is 1. The Kier molecular flexibility index (Phi) is 7.92. The number of fused-ring (bicyclic) bond motifs is 1. The number of carboxylic acids is 1. The van der Waals surface area contributed by atoms with Crippen molar-refractivity contribution in [3.63, 3.8) is 0 Å². The van der Waals surface area contributed by atoms with Gasteiger partial charge in [-0.3, -0.25) is 4.90 Å². The Hall–Kier alpha value is -4.96. The molecule has 2 aromatic heterocycles. The highest BCUT2D eigenvalue weighted by Gasteiger charge is 2.41. The Balaban J connectivity index is 1.22. The van der Waals surface area contributed by atoms with Gasteiger partial charge in [0.1, 0.15) is 17.9 Å². The molecule has 0 aliphatic carbocycles. The maximum Gasteiger partial charge on any atom is 0.434 e. The molecule has 0 radical (unpaired) electrons. The van der Waals surface area contributed by atoms with Gasteiger partial charge in [-0.05, 0) is 59.9 Å². The molecule has 0 unspecified atom stereocenters. The van der Waals surface area contributed by atoms with Gasteiger partial charge in [-0.1, -0.05) is 66.2 Å². The zero-order chi connectivity index (χ0) is 30.8. The number of aryl methyl sites for hydroxylation is 1. The average Bonchev–Trinajstić information content (AvgIpc) is 3.48. The van der Waals surface area contributed by atoms with Crippen molar-refractivity contribution in [1.82, 2.24) is 19.7 Å². The minimum atomic E-state index is -4.95. The molecule has 224 valence electrons. The number of nitrogens with zero attached hydrogens (tertiary/aromatic N) is 4. The van der Waals surface area contributed by atoms with Crippen LogP contribution in [0.5, 0.6) is 5.75 Å². The number of rotatable bonds is 8. The highest BCUT2D eigenvalue weighted by atomic mass is 19.4. The number of hydrogen-bond acceptors (Lipinski definition) is 5. The van der Waals surface area contributed by atoms with Crippen molar-refractivity contribution in [2.24, 2.45) is 0 Å². The van der Waals surface area contributed by atoms with Crippen molar-refractivity contribution in [3.8, 4) is 22.8 Å². The molecule has 0 spiro atoms. The third-order valence-electron chi connectivity index (χ3n) is 7.64. The molecule has 0 bridgehead atoms. The van der Waals surface area contributed by atoms with Crippen LogP contribution in [0.1, 0.15) is 43.9 Å². The number of ether oxygens (including phenoxy) is 1. The molecule has 0 atom stereocenters. The van der Waals surface area contributed by atoms with E-state index in [-0.39, 0.29) is 5.82 Å². The van der Waals surface area contributed by atoms with E-state index < -0.39 is 23.4 Å². The molecule has 0 fully saturated rings. The van der Waals surface area contributed by atoms with Crippen LogP contribution in [0.3, 0.4) is 0 Å². The second-order valence-corrected chi connectivity index (χ2v) is 10.8. The number of aromatic nitrogens is 3. The van der Waals surface area contributed by atoms with Crippen LogP contribution in [0.15, 0.2) is 91.1 Å². The van der Waals surface area contributed by atoms with Crippen LogP contribution in [0.4, 0.5) is 13.2 Å². The van der Waals surface area contributed by atoms with Gasteiger partial charge >= 0.3 is 12.1 Å². The summed E-state index contributed by atoms with van der Waals surface area (Å²) in [7, 11) is 0. The summed E-state index contributed by atoms with van der Waals surface area (Å²) >= 11 is 0. The van der Waals surface area contributed by atoms with Crippen LogP contribution in [0.2, 0.25) is 0 Å². The van der Waals surface area contributed by atoms with Crippen LogP contribution < -0.4 is 4.74 Å². The molecule has 3 heterocycles. The van der Waals surface area contributed by atoms with Crippen molar-refractivity contribution in [2.45, 2.75) is 39.2 Å². The van der Waals surface area contributed by atoms with Gasteiger partial charge in [0.05, 0.1) is 11.9 Å². The van der Waals surface area contributed by atoms with E-state index in [0.717, 1.165) is 37.2 Å². The van der Waals surface area contributed by atoms with Gasteiger partial charge in [-0.15, -0.1) is 0 Å². The minimum absolute atomic E-state index is 0.161. The van der Waals surface area contributed by atoms with Crippen LogP contribution in [-0.4, -0.2) is 37.3 Å². The molecule has 5 aromatic rings. The molecule has 0 saturated carbocycles. The van der Waals surface area contributed by atoms with E-state index in [4.69, 9.17) is 4.74 Å². The largest absolute Gasteiger partial charge is 0.488 e. The first kappa shape index (κ1) is 29.1. The van der Waals surface area contributed by atoms with Crippen molar-refractivity contribution >= 4 is 5.97 Å². The SMILES string of the molecule is Cc1ccc(OCc2ccc3c(c2)CCN(Cc2ccccc2)C3)c(-c2cccc(-n3ncc(C(=O)O)c3C(F)(F)F)n2)c1. The molecule has 0 amide bonds. The molecule has 1 aliphatic rings. The smallest absolute Gasteiger partial charge is 0.434 e. The summed E-state index contributed by atoms with van der Waals surface area (Å²) < 4.78 is 48.3. The number of benzene rings is 3. The lowest BCUT2D eigenvalue weighted by Crippen LogP contribution is -2.30. The number of halogens is 3. The van der Waals surface area contributed by atoms with Gasteiger partial charge in [0.25, 0.3) is 0 Å². The molecule has 44 heavy (non-hydrogen) atoms. The Labute approximate surface area is 252 Å². The van der Waals surface area contributed by atoms with Gasteiger partial charge in [-0.25, -0.2) is 14.5 Å². The lowest BCUT2D eigenvalue weighted by atomic mass is 9.97. The maximum absolute atomic E-state index is 13.8. The van der Waals surface area contributed by atoms with Crippen molar-refractivity contribution in [2.75, 3.05) is 6.54 Å². The van der Waals surface area contributed by atoms with E-state index in [1.807, 2.05) is 31.2 Å². The van der Waals surface area contributed by atoms with E-state index in [1.165, 1.54) is 22.8 Å². The Morgan fingerprint density at radius 3 is 2.55 bits per heavy atom. The zero-order valence-corrected chi connectivity index (χ0v) is 23.9. The molecule has 1 N–H and O–H groups in total. The van der Waals surface area contributed by atoms with Crippen molar-refractivity contribution in [1.29, 1.82) is 0 Å². The van der Waals surface area contributed by atoms with Gasteiger partial charge in [-0.2, -0.15) is 18.3 Å². The Morgan fingerprint density at radius 2 is 1.77 bits per heavy atom. The monoisotopic (exact) mass is 598 g/mol. The number of aromatic carboxylic acids is 1. The molecular formula is C34H29F3N4O3. The molecule has 0 saturated heterocycles. The van der Waals surface area contributed by atoms with Crippen LogP contribution in [0, 0.1) is 6.92 Å². The lowest BCUT2D eigenvalue weighted by molar-refractivity contribution is -0.143. The minimum Gasteiger partial charge on any atom is -0.488 e. The fourth-order valence-electron chi connectivity index (χ4n) is 5.50. The van der Waals surface area contributed by atoms with E-state index >= 15 is 0 Å². The van der Waals surface area contributed by atoms with Gasteiger partial charge in [0, 0.05) is 25.2 Å². The summed E-state index contributed by atoms with van der Waals surface area (Å²) in [5.74, 6) is -1.36. The predicted molar refractivity (Wildman–Crippen MR) is 159 cm³/mol.